The molecule has 0 unspecified atom stereocenters. The van der Waals surface area contributed by atoms with Gasteiger partial charge in [-0.25, -0.2) is 4.98 Å². The molecule has 130 valence electrons. The molecule has 1 amide bonds. The molecule has 4 rings (SSSR count). The highest BCUT2D eigenvalue weighted by atomic mass is 32.1. The summed E-state index contributed by atoms with van der Waals surface area (Å²) in [7, 11) is 0. The van der Waals surface area contributed by atoms with Crippen molar-refractivity contribution in [2.45, 2.75) is 19.8 Å². The van der Waals surface area contributed by atoms with Gasteiger partial charge in [-0.15, -0.1) is 5.10 Å². The maximum Gasteiger partial charge on any atom is 0.267 e. The Morgan fingerprint density at radius 3 is 2.76 bits per heavy atom. The van der Waals surface area contributed by atoms with Crippen LogP contribution < -0.4 is 4.90 Å². The number of carbonyl (C=O) groups is 1. The van der Waals surface area contributed by atoms with Gasteiger partial charge in [-0.05, 0) is 30.1 Å². The summed E-state index contributed by atoms with van der Waals surface area (Å²) in [4.78, 5) is 22.4. The number of hydrogen-bond acceptors (Lipinski definition) is 7. The minimum atomic E-state index is 0.0717. The zero-order chi connectivity index (χ0) is 17.2. The van der Waals surface area contributed by atoms with Crippen LogP contribution in [0.3, 0.4) is 0 Å². The van der Waals surface area contributed by atoms with Gasteiger partial charge in [0, 0.05) is 26.2 Å². The van der Waals surface area contributed by atoms with Crippen LogP contribution in [0.15, 0.2) is 24.3 Å². The Kier molecular flexibility index (Phi) is 4.63. The first-order chi connectivity index (χ1) is 12.3. The molecule has 0 spiro atoms. The molecule has 25 heavy (non-hydrogen) atoms. The third kappa shape index (κ3) is 3.23. The Morgan fingerprint density at radius 1 is 1.20 bits per heavy atom. The zero-order valence-corrected chi connectivity index (χ0v) is 15.6. The van der Waals surface area contributed by atoms with Crippen LogP contribution >= 0.6 is 22.9 Å². The number of piperazine rings is 1. The molecule has 1 aromatic carbocycles. The normalized spacial score (nSPS) is 15.1. The molecule has 1 aliphatic heterocycles. The molecule has 3 heterocycles. The first kappa shape index (κ1) is 16.4. The Morgan fingerprint density at radius 2 is 2.00 bits per heavy atom. The van der Waals surface area contributed by atoms with E-state index in [-0.39, 0.29) is 5.91 Å². The summed E-state index contributed by atoms with van der Waals surface area (Å²) in [5.41, 5.74) is 1.88. The lowest BCUT2D eigenvalue weighted by molar-refractivity contribution is 0.0750. The maximum atomic E-state index is 12.8. The van der Waals surface area contributed by atoms with E-state index in [9.17, 15) is 4.79 Å². The molecule has 1 fully saturated rings. The molecule has 1 aliphatic rings. The first-order valence-electron chi connectivity index (χ1n) is 8.47. The fourth-order valence-corrected chi connectivity index (χ4v) is 4.70. The molecule has 6 nitrogen and oxygen atoms in total. The summed E-state index contributed by atoms with van der Waals surface area (Å²) >= 11 is 2.93. The average molecular weight is 374 g/mol. The molecule has 0 saturated carbocycles. The van der Waals surface area contributed by atoms with E-state index >= 15 is 0 Å². The van der Waals surface area contributed by atoms with E-state index in [4.69, 9.17) is 4.98 Å². The number of hydrogen-bond donors (Lipinski definition) is 0. The third-order valence-corrected chi connectivity index (χ3v) is 6.21. The van der Waals surface area contributed by atoms with Crippen molar-refractivity contribution in [3.05, 3.63) is 34.8 Å². The maximum absolute atomic E-state index is 12.8. The average Bonchev–Trinajstić information content (AvgIpc) is 3.28. The van der Waals surface area contributed by atoms with Crippen LogP contribution in [-0.2, 0) is 6.42 Å². The highest BCUT2D eigenvalue weighted by molar-refractivity contribution is 7.22. The van der Waals surface area contributed by atoms with E-state index in [2.05, 4.69) is 27.5 Å². The van der Waals surface area contributed by atoms with Gasteiger partial charge < -0.3 is 9.80 Å². The zero-order valence-electron chi connectivity index (χ0n) is 14.0. The lowest BCUT2D eigenvalue weighted by atomic mass is 10.2. The number of aromatic nitrogens is 3. The highest BCUT2D eigenvalue weighted by Crippen LogP contribution is 2.29. The smallest absolute Gasteiger partial charge is 0.267 e. The van der Waals surface area contributed by atoms with Gasteiger partial charge in [0.15, 0.2) is 5.13 Å². The fourth-order valence-electron chi connectivity index (χ4n) is 3.01. The van der Waals surface area contributed by atoms with Crippen LogP contribution in [0.2, 0.25) is 0 Å². The first-order valence-corrected chi connectivity index (χ1v) is 10.1. The highest BCUT2D eigenvalue weighted by Gasteiger charge is 2.26. The number of carbonyl (C=O) groups excluding carboxylic acids is 1. The second kappa shape index (κ2) is 7.05. The predicted octanol–water partition coefficient (Wildman–Crippen LogP) is 3.06. The van der Waals surface area contributed by atoms with Crippen LogP contribution in [0.25, 0.3) is 10.2 Å². The van der Waals surface area contributed by atoms with Gasteiger partial charge in [0.1, 0.15) is 4.88 Å². The van der Waals surface area contributed by atoms with Gasteiger partial charge in [-0.2, -0.15) is 0 Å². The number of para-hydroxylation sites is 1. The van der Waals surface area contributed by atoms with E-state index in [1.165, 1.54) is 16.2 Å². The summed E-state index contributed by atoms with van der Waals surface area (Å²) in [5.74, 6) is 0.0717. The van der Waals surface area contributed by atoms with Crippen molar-refractivity contribution in [1.82, 2.24) is 19.5 Å². The van der Waals surface area contributed by atoms with Crippen LogP contribution in [-0.4, -0.2) is 51.6 Å². The van der Waals surface area contributed by atoms with Crippen LogP contribution in [0.5, 0.6) is 0 Å². The Bertz CT molecular complexity index is 849. The third-order valence-electron chi connectivity index (χ3n) is 4.36. The lowest BCUT2D eigenvalue weighted by Gasteiger charge is -2.34. The van der Waals surface area contributed by atoms with Crippen molar-refractivity contribution in [1.29, 1.82) is 0 Å². The van der Waals surface area contributed by atoms with Gasteiger partial charge in [0.25, 0.3) is 5.91 Å². The number of nitrogens with zero attached hydrogens (tertiary/aromatic N) is 5. The fraction of sp³-hybridized carbons (Fsp3) is 0.412. The van der Waals surface area contributed by atoms with Gasteiger partial charge >= 0.3 is 0 Å². The number of aryl methyl sites for hydroxylation is 1. The predicted molar refractivity (Wildman–Crippen MR) is 102 cm³/mol. The van der Waals surface area contributed by atoms with E-state index in [1.807, 2.05) is 23.1 Å². The number of benzene rings is 1. The number of thiazole rings is 1. The van der Waals surface area contributed by atoms with Crippen LogP contribution in [0.1, 0.15) is 28.7 Å². The monoisotopic (exact) mass is 373 g/mol. The molecule has 8 heteroatoms. The van der Waals surface area contributed by atoms with Crippen molar-refractivity contribution in [2.24, 2.45) is 0 Å². The lowest BCUT2D eigenvalue weighted by Crippen LogP contribution is -2.48. The summed E-state index contributed by atoms with van der Waals surface area (Å²) in [5, 5.41) is 5.15. The van der Waals surface area contributed by atoms with Crippen molar-refractivity contribution in [3.8, 4) is 0 Å². The van der Waals surface area contributed by atoms with E-state index in [1.54, 1.807) is 11.3 Å². The van der Waals surface area contributed by atoms with Gasteiger partial charge in [-0.3, -0.25) is 4.79 Å². The largest absolute Gasteiger partial charge is 0.345 e. The molecule has 0 radical (unpaired) electrons. The minimum Gasteiger partial charge on any atom is -0.345 e. The Hall–Kier alpha value is -2.06. The SMILES string of the molecule is CCCc1nnsc1C(=O)N1CCN(c2nc3ccccc3s2)CC1. The van der Waals surface area contributed by atoms with Crippen LogP contribution in [0, 0.1) is 0 Å². The molecule has 2 aromatic heterocycles. The number of rotatable bonds is 4. The molecule has 3 aromatic rings. The molecule has 0 atom stereocenters. The summed E-state index contributed by atoms with van der Waals surface area (Å²) < 4.78 is 5.17. The van der Waals surface area contributed by atoms with Gasteiger partial charge in [0.05, 0.1) is 15.9 Å². The van der Waals surface area contributed by atoms with Gasteiger partial charge in [0.2, 0.25) is 0 Å². The summed E-state index contributed by atoms with van der Waals surface area (Å²) in [6.45, 7) is 5.11. The Balaban J connectivity index is 1.44. The van der Waals surface area contributed by atoms with Crippen molar-refractivity contribution < 1.29 is 4.79 Å². The number of anilines is 1. The van der Waals surface area contributed by atoms with Crippen molar-refractivity contribution >= 4 is 44.1 Å². The number of amides is 1. The number of fused-ring (bicyclic) bond motifs is 1. The molecular weight excluding hydrogens is 354 g/mol. The van der Waals surface area contributed by atoms with E-state index in [0.29, 0.717) is 18.0 Å². The second-order valence-electron chi connectivity index (χ2n) is 6.04. The summed E-state index contributed by atoms with van der Waals surface area (Å²) in [6.07, 6.45) is 1.78. The molecular formula is C17H19N5OS2. The van der Waals surface area contributed by atoms with Crippen molar-refractivity contribution in [3.63, 3.8) is 0 Å². The second-order valence-corrected chi connectivity index (χ2v) is 7.81. The molecule has 0 aliphatic carbocycles. The van der Waals surface area contributed by atoms with Crippen molar-refractivity contribution in [2.75, 3.05) is 31.1 Å². The topological polar surface area (TPSA) is 62.2 Å². The van der Waals surface area contributed by atoms with E-state index in [0.717, 1.165) is 42.3 Å². The standard InChI is InChI=1S/C17H19N5OS2/c1-2-5-13-15(25-20-19-13)16(23)21-8-10-22(11-9-21)17-18-12-6-3-4-7-14(12)24-17/h3-4,6-7H,2,5,8-11H2,1H3. The molecule has 0 bridgehead atoms. The summed E-state index contributed by atoms with van der Waals surface area (Å²) in [6, 6.07) is 8.20. The Labute approximate surface area is 154 Å². The quantitative estimate of drug-likeness (QED) is 0.703. The van der Waals surface area contributed by atoms with Crippen LogP contribution in [0.4, 0.5) is 5.13 Å². The molecule has 0 N–H and O–H groups in total. The minimum absolute atomic E-state index is 0.0717. The van der Waals surface area contributed by atoms with Gasteiger partial charge in [-0.1, -0.05) is 41.3 Å². The molecule has 1 saturated heterocycles. The van der Waals surface area contributed by atoms with E-state index < -0.39 is 0 Å².